The second-order valence-electron chi connectivity index (χ2n) is 7.71. The Labute approximate surface area is 123 Å². The van der Waals surface area contributed by atoms with Gasteiger partial charge in [-0.2, -0.15) is 0 Å². The average molecular weight is 272 g/mol. The average Bonchev–Trinajstić information content (AvgIpc) is 2.35. The van der Waals surface area contributed by atoms with Crippen molar-refractivity contribution in [2.45, 2.75) is 78.8 Å². The molecule has 0 unspecified atom stereocenters. The SMILES string of the molecule is Cc1cc(C)c(N2[C@@H](C)C3(C)CCC2(C)CC3)c(C)n1. The zero-order valence-corrected chi connectivity index (χ0v) is 13.9. The molecule has 1 aliphatic carbocycles. The highest BCUT2D eigenvalue weighted by Crippen LogP contribution is 2.55. The van der Waals surface area contributed by atoms with E-state index in [9.17, 15) is 0 Å². The molecule has 1 aromatic rings. The van der Waals surface area contributed by atoms with Crippen LogP contribution in [0.4, 0.5) is 5.69 Å². The van der Waals surface area contributed by atoms with Crippen LogP contribution in [0.15, 0.2) is 6.07 Å². The Morgan fingerprint density at radius 3 is 2.25 bits per heavy atom. The molecular formula is C18H28N2. The Hall–Kier alpha value is -1.05. The van der Waals surface area contributed by atoms with E-state index in [1.165, 1.54) is 42.6 Å². The third-order valence-electron chi connectivity index (χ3n) is 6.17. The van der Waals surface area contributed by atoms with Crippen LogP contribution in [0.2, 0.25) is 0 Å². The van der Waals surface area contributed by atoms with Crippen LogP contribution in [0.1, 0.15) is 63.4 Å². The van der Waals surface area contributed by atoms with Gasteiger partial charge >= 0.3 is 0 Å². The second kappa shape index (κ2) is 4.22. The first-order valence-corrected chi connectivity index (χ1v) is 8.01. The Bertz CT molecular complexity index is 515. The number of aryl methyl sites for hydroxylation is 3. The first-order chi connectivity index (χ1) is 9.27. The maximum atomic E-state index is 4.74. The summed E-state index contributed by atoms with van der Waals surface area (Å²) in [5.41, 5.74) is 5.92. The standard InChI is InChI=1S/C18H28N2/c1-12-11-13(2)19-14(3)16(12)20-15(4)17(5)7-9-18(20,6)10-8-17/h11,15H,7-10H2,1-6H3/t15-,17?,18?/m0/s1. The first-order valence-electron chi connectivity index (χ1n) is 8.01. The first kappa shape index (κ1) is 13.9. The third kappa shape index (κ3) is 1.80. The molecule has 3 aliphatic rings. The van der Waals surface area contributed by atoms with E-state index in [0.717, 1.165) is 5.69 Å². The topological polar surface area (TPSA) is 16.1 Å². The molecule has 2 aliphatic heterocycles. The van der Waals surface area contributed by atoms with Gasteiger partial charge in [0.1, 0.15) is 0 Å². The van der Waals surface area contributed by atoms with E-state index < -0.39 is 0 Å². The normalized spacial score (nSPS) is 36.5. The van der Waals surface area contributed by atoms with Gasteiger partial charge in [-0.15, -0.1) is 0 Å². The molecule has 2 heteroatoms. The van der Waals surface area contributed by atoms with Crippen LogP contribution in [0.25, 0.3) is 0 Å². The van der Waals surface area contributed by atoms with Crippen molar-refractivity contribution in [1.82, 2.24) is 4.98 Å². The molecule has 1 atom stereocenters. The van der Waals surface area contributed by atoms with Gasteiger partial charge in [-0.3, -0.25) is 4.98 Å². The number of nitrogens with zero attached hydrogens (tertiary/aromatic N) is 2. The van der Waals surface area contributed by atoms with Gasteiger partial charge in [-0.05, 0) is 77.3 Å². The molecule has 0 radical (unpaired) electrons. The zero-order valence-electron chi connectivity index (χ0n) is 13.9. The molecule has 1 saturated carbocycles. The fraction of sp³-hybridized carbons (Fsp3) is 0.722. The molecule has 0 spiro atoms. The van der Waals surface area contributed by atoms with Crippen molar-refractivity contribution in [2.75, 3.05) is 4.90 Å². The number of pyridine rings is 1. The van der Waals surface area contributed by atoms with E-state index in [4.69, 9.17) is 4.98 Å². The lowest BCUT2D eigenvalue weighted by Crippen LogP contribution is -2.65. The molecule has 2 bridgehead atoms. The van der Waals surface area contributed by atoms with Crippen LogP contribution in [0.3, 0.4) is 0 Å². The summed E-state index contributed by atoms with van der Waals surface area (Å²) in [5.74, 6) is 0. The molecule has 3 fully saturated rings. The zero-order chi connectivity index (χ0) is 14.7. The summed E-state index contributed by atoms with van der Waals surface area (Å²) in [6.07, 6.45) is 5.39. The summed E-state index contributed by atoms with van der Waals surface area (Å²) in [7, 11) is 0. The van der Waals surface area contributed by atoms with Crippen molar-refractivity contribution in [3.8, 4) is 0 Å². The number of aromatic nitrogens is 1. The number of piperidine rings is 2. The minimum atomic E-state index is 0.323. The van der Waals surface area contributed by atoms with E-state index in [1.54, 1.807) is 0 Å². The molecular weight excluding hydrogens is 244 g/mol. The summed E-state index contributed by atoms with van der Waals surface area (Å²) in [5, 5.41) is 0. The molecule has 4 rings (SSSR count). The number of hydrogen-bond acceptors (Lipinski definition) is 2. The number of hydrogen-bond donors (Lipinski definition) is 0. The van der Waals surface area contributed by atoms with Gasteiger partial charge in [-0.1, -0.05) is 6.92 Å². The second-order valence-corrected chi connectivity index (χ2v) is 7.71. The third-order valence-corrected chi connectivity index (χ3v) is 6.17. The predicted octanol–water partition coefficient (Wildman–Crippen LogP) is 4.55. The molecule has 110 valence electrons. The number of fused-ring (bicyclic) bond motifs is 3. The summed E-state index contributed by atoms with van der Waals surface area (Å²) in [6, 6.07) is 2.85. The smallest absolute Gasteiger partial charge is 0.0619 e. The van der Waals surface area contributed by atoms with Gasteiger partial charge in [0.2, 0.25) is 0 Å². The summed E-state index contributed by atoms with van der Waals surface area (Å²) < 4.78 is 0. The fourth-order valence-corrected chi connectivity index (χ4v) is 4.64. The maximum absolute atomic E-state index is 4.74. The van der Waals surface area contributed by atoms with Crippen molar-refractivity contribution >= 4 is 5.69 Å². The van der Waals surface area contributed by atoms with Crippen LogP contribution >= 0.6 is 0 Å². The molecule has 1 aromatic heterocycles. The lowest BCUT2D eigenvalue weighted by Gasteiger charge is -2.63. The van der Waals surface area contributed by atoms with Gasteiger partial charge in [0.15, 0.2) is 0 Å². The number of rotatable bonds is 1. The highest BCUT2D eigenvalue weighted by molar-refractivity contribution is 5.61. The van der Waals surface area contributed by atoms with Crippen LogP contribution in [-0.2, 0) is 0 Å². The fourth-order valence-electron chi connectivity index (χ4n) is 4.64. The minimum Gasteiger partial charge on any atom is -0.361 e. The Balaban J connectivity index is 2.14. The molecule has 0 amide bonds. The van der Waals surface area contributed by atoms with E-state index in [1.807, 2.05) is 0 Å². The van der Waals surface area contributed by atoms with Gasteiger partial charge in [0.05, 0.1) is 11.4 Å². The van der Waals surface area contributed by atoms with Crippen molar-refractivity contribution < 1.29 is 0 Å². The highest BCUT2D eigenvalue weighted by Gasteiger charge is 2.53. The molecule has 2 nitrogen and oxygen atoms in total. The lowest BCUT2D eigenvalue weighted by molar-refractivity contribution is 0.0506. The van der Waals surface area contributed by atoms with Gasteiger partial charge < -0.3 is 4.90 Å². The van der Waals surface area contributed by atoms with Crippen LogP contribution in [-0.4, -0.2) is 16.6 Å². The highest BCUT2D eigenvalue weighted by atomic mass is 15.3. The summed E-state index contributed by atoms with van der Waals surface area (Å²) in [4.78, 5) is 7.46. The molecule has 0 N–H and O–H groups in total. The molecule has 2 saturated heterocycles. The van der Waals surface area contributed by atoms with Crippen molar-refractivity contribution in [3.05, 3.63) is 23.0 Å². The quantitative estimate of drug-likeness (QED) is 0.745. The van der Waals surface area contributed by atoms with Crippen molar-refractivity contribution in [3.63, 3.8) is 0 Å². The Kier molecular flexibility index (Phi) is 2.94. The largest absolute Gasteiger partial charge is 0.361 e. The summed E-state index contributed by atoms with van der Waals surface area (Å²) >= 11 is 0. The lowest BCUT2D eigenvalue weighted by atomic mass is 9.59. The van der Waals surface area contributed by atoms with E-state index >= 15 is 0 Å². The van der Waals surface area contributed by atoms with Crippen LogP contribution in [0, 0.1) is 26.2 Å². The van der Waals surface area contributed by atoms with Crippen molar-refractivity contribution in [1.29, 1.82) is 0 Å². The molecule has 20 heavy (non-hydrogen) atoms. The molecule has 3 heterocycles. The van der Waals surface area contributed by atoms with E-state index in [-0.39, 0.29) is 0 Å². The van der Waals surface area contributed by atoms with Gasteiger partial charge in [-0.25, -0.2) is 0 Å². The maximum Gasteiger partial charge on any atom is 0.0619 e. The monoisotopic (exact) mass is 272 g/mol. The van der Waals surface area contributed by atoms with Gasteiger partial charge in [0.25, 0.3) is 0 Å². The number of anilines is 1. The van der Waals surface area contributed by atoms with Gasteiger partial charge in [0, 0.05) is 17.3 Å². The van der Waals surface area contributed by atoms with Crippen molar-refractivity contribution in [2.24, 2.45) is 5.41 Å². The molecule has 0 aromatic carbocycles. The Morgan fingerprint density at radius 1 is 1.10 bits per heavy atom. The Morgan fingerprint density at radius 2 is 1.70 bits per heavy atom. The summed E-state index contributed by atoms with van der Waals surface area (Å²) in [6.45, 7) is 13.9. The van der Waals surface area contributed by atoms with Crippen LogP contribution < -0.4 is 4.90 Å². The van der Waals surface area contributed by atoms with E-state index in [0.29, 0.717) is 17.0 Å². The van der Waals surface area contributed by atoms with E-state index in [2.05, 4.69) is 52.5 Å². The minimum absolute atomic E-state index is 0.323. The van der Waals surface area contributed by atoms with Crippen LogP contribution in [0.5, 0.6) is 0 Å². The predicted molar refractivity (Wildman–Crippen MR) is 85.4 cm³/mol.